The standard InChI is InChI=1S/C10H11N/c1-8-6-9-4-2-3-5-10(9)11-7-8/h2-6,8H,7H2,1H3/t8-/m1/s1. The highest BCUT2D eigenvalue weighted by Crippen LogP contribution is 1.97. The van der Waals surface area contributed by atoms with E-state index in [0.717, 1.165) is 11.9 Å². The molecule has 1 aromatic rings. The predicted octanol–water partition coefficient (Wildman–Crippen LogP) is 0.736. The van der Waals surface area contributed by atoms with Gasteiger partial charge in [0.2, 0.25) is 0 Å². The van der Waals surface area contributed by atoms with Crippen molar-refractivity contribution in [3.05, 3.63) is 34.8 Å². The largest absolute Gasteiger partial charge is 0.284 e. The van der Waals surface area contributed by atoms with Crippen molar-refractivity contribution in [2.24, 2.45) is 10.9 Å². The minimum absolute atomic E-state index is 0.602. The molecule has 0 spiro atoms. The summed E-state index contributed by atoms with van der Waals surface area (Å²) in [5.74, 6) is 0.602. The monoisotopic (exact) mass is 145 g/mol. The van der Waals surface area contributed by atoms with Gasteiger partial charge >= 0.3 is 0 Å². The number of hydrogen-bond donors (Lipinski definition) is 0. The van der Waals surface area contributed by atoms with Gasteiger partial charge in [-0.15, -0.1) is 0 Å². The maximum Gasteiger partial charge on any atom is 0.0643 e. The van der Waals surface area contributed by atoms with Gasteiger partial charge in [0.05, 0.1) is 5.36 Å². The maximum atomic E-state index is 4.44. The van der Waals surface area contributed by atoms with E-state index >= 15 is 0 Å². The fourth-order valence-corrected chi connectivity index (χ4v) is 1.37. The summed E-state index contributed by atoms with van der Waals surface area (Å²) in [7, 11) is 0. The lowest BCUT2D eigenvalue weighted by atomic mass is 10.1. The van der Waals surface area contributed by atoms with Crippen molar-refractivity contribution >= 4 is 6.08 Å². The van der Waals surface area contributed by atoms with Gasteiger partial charge in [-0.3, -0.25) is 4.99 Å². The Morgan fingerprint density at radius 1 is 1.36 bits per heavy atom. The van der Waals surface area contributed by atoms with Crippen LogP contribution in [-0.2, 0) is 0 Å². The summed E-state index contributed by atoms with van der Waals surface area (Å²) in [4.78, 5) is 4.44. The Labute approximate surface area is 66.1 Å². The Morgan fingerprint density at radius 3 is 3.09 bits per heavy atom. The van der Waals surface area contributed by atoms with Gasteiger partial charge in [-0.1, -0.05) is 31.2 Å². The Hall–Kier alpha value is -1.11. The molecule has 56 valence electrons. The molecule has 1 heteroatoms. The molecule has 1 aliphatic rings. The Balaban J connectivity index is 2.73. The number of rotatable bonds is 0. The summed E-state index contributed by atoms with van der Waals surface area (Å²) in [6.07, 6.45) is 2.28. The van der Waals surface area contributed by atoms with E-state index in [-0.39, 0.29) is 0 Å². The zero-order valence-electron chi connectivity index (χ0n) is 6.62. The zero-order chi connectivity index (χ0) is 7.68. The molecule has 0 aromatic heterocycles. The smallest absolute Gasteiger partial charge is 0.0643 e. The first-order valence-corrected chi connectivity index (χ1v) is 3.97. The van der Waals surface area contributed by atoms with E-state index in [1.165, 1.54) is 5.22 Å². The molecular weight excluding hydrogens is 134 g/mol. The van der Waals surface area contributed by atoms with Crippen LogP contribution >= 0.6 is 0 Å². The van der Waals surface area contributed by atoms with Crippen LogP contribution in [-0.4, -0.2) is 6.54 Å². The Morgan fingerprint density at radius 2 is 2.18 bits per heavy atom. The molecule has 0 N–H and O–H groups in total. The summed E-state index contributed by atoms with van der Waals surface area (Å²) < 4.78 is 0. The fraction of sp³-hybridized carbons (Fsp3) is 0.300. The van der Waals surface area contributed by atoms with Crippen LogP contribution < -0.4 is 10.6 Å². The van der Waals surface area contributed by atoms with Gasteiger partial charge in [0, 0.05) is 6.54 Å². The second-order valence-electron chi connectivity index (χ2n) is 3.04. The third-order valence-corrected chi connectivity index (χ3v) is 1.95. The molecule has 2 rings (SSSR count). The van der Waals surface area contributed by atoms with E-state index in [2.05, 4.69) is 36.2 Å². The van der Waals surface area contributed by atoms with Crippen molar-refractivity contribution in [3.8, 4) is 0 Å². The second kappa shape index (κ2) is 2.50. The van der Waals surface area contributed by atoms with E-state index < -0.39 is 0 Å². The molecule has 0 amide bonds. The fourth-order valence-electron chi connectivity index (χ4n) is 1.37. The molecule has 0 saturated heterocycles. The minimum atomic E-state index is 0.602. The molecule has 1 atom stereocenters. The summed E-state index contributed by atoms with van der Waals surface area (Å²) in [6, 6.07) is 8.28. The lowest BCUT2D eigenvalue weighted by Crippen LogP contribution is -2.29. The predicted molar refractivity (Wildman–Crippen MR) is 45.7 cm³/mol. The van der Waals surface area contributed by atoms with Gasteiger partial charge in [-0.05, 0) is 17.2 Å². The maximum absolute atomic E-state index is 4.44. The summed E-state index contributed by atoms with van der Waals surface area (Å²) >= 11 is 0. The molecule has 1 aromatic carbocycles. The van der Waals surface area contributed by atoms with Crippen LogP contribution in [0.25, 0.3) is 6.08 Å². The molecule has 1 heterocycles. The Kier molecular flexibility index (Phi) is 1.50. The molecule has 0 unspecified atom stereocenters. The van der Waals surface area contributed by atoms with Gasteiger partial charge in [0.25, 0.3) is 0 Å². The van der Waals surface area contributed by atoms with Crippen molar-refractivity contribution in [3.63, 3.8) is 0 Å². The zero-order valence-corrected chi connectivity index (χ0v) is 6.62. The van der Waals surface area contributed by atoms with Crippen LogP contribution in [0, 0.1) is 5.92 Å². The number of benzene rings is 1. The highest BCUT2D eigenvalue weighted by Gasteiger charge is 1.99. The first-order chi connectivity index (χ1) is 5.36. The lowest BCUT2D eigenvalue weighted by Gasteiger charge is -2.05. The van der Waals surface area contributed by atoms with Gasteiger partial charge in [-0.25, -0.2) is 0 Å². The van der Waals surface area contributed by atoms with Crippen molar-refractivity contribution in [2.75, 3.05) is 6.54 Å². The topological polar surface area (TPSA) is 12.4 Å². The average molecular weight is 145 g/mol. The van der Waals surface area contributed by atoms with Gasteiger partial charge in [-0.2, -0.15) is 0 Å². The van der Waals surface area contributed by atoms with Crippen LogP contribution in [0.3, 0.4) is 0 Å². The van der Waals surface area contributed by atoms with Crippen molar-refractivity contribution in [2.45, 2.75) is 6.92 Å². The molecule has 0 fully saturated rings. The van der Waals surface area contributed by atoms with Crippen LogP contribution in [0.1, 0.15) is 6.92 Å². The summed E-state index contributed by atoms with van der Waals surface area (Å²) in [5.41, 5.74) is 0. The quantitative estimate of drug-likeness (QED) is 0.510. The normalized spacial score (nSPS) is 21.4. The van der Waals surface area contributed by atoms with E-state index in [1.807, 2.05) is 6.07 Å². The Bertz CT molecular complexity index is 365. The number of hydrogen-bond acceptors (Lipinski definition) is 1. The second-order valence-corrected chi connectivity index (χ2v) is 3.04. The molecule has 0 saturated carbocycles. The summed E-state index contributed by atoms with van der Waals surface area (Å²) in [6.45, 7) is 3.14. The third-order valence-electron chi connectivity index (χ3n) is 1.95. The minimum Gasteiger partial charge on any atom is -0.284 e. The molecule has 0 radical (unpaired) electrons. The van der Waals surface area contributed by atoms with Crippen molar-refractivity contribution in [1.82, 2.24) is 0 Å². The van der Waals surface area contributed by atoms with E-state index in [9.17, 15) is 0 Å². The van der Waals surface area contributed by atoms with E-state index in [4.69, 9.17) is 0 Å². The SMILES string of the molecule is C[C@@H]1C=c2ccccc2=NC1. The van der Waals surface area contributed by atoms with Crippen LogP contribution in [0.15, 0.2) is 29.3 Å². The molecule has 0 aliphatic carbocycles. The van der Waals surface area contributed by atoms with Crippen LogP contribution in [0.5, 0.6) is 0 Å². The first kappa shape index (κ1) is 6.59. The summed E-state index contributed by atoms with van der Waals surface area (Å²) in [5, 5.41) is 2.43. The first-order valence-electron chi connectivity index (χ1n) is 3.97. The molecule has 1 nitrogen and oxygen atoms in total. The molecule has 11 heavy (non-hydrogen) atoms. The number of fused-ring (bicyclic) bond motifs is 1. The van der Waals surface area contributed by atoms with Gasteiger partial charge in [0.1, 0.15) is 0 Å². The van der Waals surface area contributed by atoms with Crippen LogP contribution in [0.4, 0.5) is 0 Å². The molecule has 0 bridgehead atoms. The molecule has 1 aliphatic heterocycles. The van der Waals surface area contributed by atoms with Gasteiger partial charge < -0.3 is 0 Å². The highest BCUT2D eigenvalue weighted by atomic mass is 14.7. The lowest BCUT2D eigenvalue weighted by molar-refractivity contribution is 0.747. The van der Waals surface area contributed by atoms with Gasteiger partial charge in [0.15, 0.2) is 0 Å². The highest BCUT2D eigenvalue weighted by molar-refractivity contribution is 5.28. The van der Waals surface area contributed by atoms with Crippen molar-refractivity contribution in [1.29, 1.82) is 0 Å². The number of para-hydroxylation sites is 1. The van der Waals surface area contributed by atoms with Crippen LogP contribution in [0.2, 0.25) is 0 Å². The average Bonchev–Trinajstić information content (AvgIpc) is 2.04. The van der Waals surface area contributed by atoms with E-state index in [0.29, 0.717) is 5.92 Å². The van der Waals surface area contributed by atoms with E-state index in [1.54, 1.807) is 0 Å². The number of nitrogens with zero attached hydrogens (tertiary/aromatic N) is 1. The van der Waals surface area contributed by atoms with Crippen molar-refractivity contribution < 1.29 is 0 Å². The third kappa shape index (κ3) is 1.18. The molecular formula is C10H11N.